The van der Waals surface area contributed by atoms with Crippen LogP contribution in [0, 0.1) is 17.8 Å². The largest absolute Gasteiger partial charge is 0.344 e. The Morgan fingerprint density at radius 2 is 0.889 bits per heavy atom. The molecule has 1 nitrogen and oxygen atoms in total. The van der Waals surface area contributed by atoms with E-state index in [-0.39, 0.29) is 6.15 Å². The quantitative estimate of drug-likeness (QED) is 0.614. The van der Waals surface area contributed by atoms with E-state index in [1.165, 1.54) is 0 Å². The third-order valence-corrected chi connectivity index (χ3v) is 2.10. The van der Waals surface area contributed by atoms with Crippen molar-refractivity contribution in [3.8, 4) is 0 Å². The van der Waals surface area contributed by atoms with E-state index in [1.54, 1.807) is 0 Å². The summed E-state index contributed by atoms with van der Waals surface area (Å²) < 4.78 is 0. The minimum Gasteiger partial charge on any atom is -0.344 e. The third kappa shape index (κ3) is 4.46. The summed E-state index contributed by atoms with van der Waals surface area (Å²) in [5.74, 6) is 2.56. The summed E-state index contributed by atoms with van der Waals surface area (Å²) >= 11 is 0. The van der Waals surface area contributed by atoms with E-state index in [0.717, 1.165) is 17.8 Å². The molecule has 0 unspecified atom stereocenters. The fraction of sp³-hybridized carbons (Fsp3) is 1.00. The molecule has 0 bridgehead atoms. The second-order valence-corrected chi connectivity index (χ2v) is 3.35. The highest BCUT2D eigenvalue weighted by molar-refractivity contribution is 4.59. The molecule has 0 saturated heterocycles. The smallest absolute Gasteiger partial charge is 0.0396 e. The van der Waals surface area contributed by atoms with Gasteiger partial charge in [0.15, 0.2) is 0 Å². The summed E-state index contributed by atoms with van der Waals surface area (Å²) in [5.41, 5.74) is 0. The molecule has 0 spiro atoms. The molecular weight excluding hydrogens is 110 g/mol. The second-order valence-electron chi connectivity index (χ2n) is 3.35. The first-order chi connectivity index (χ1) is 3.55. The lowest BCUT2D eigenvalue weighted by Crippen LogP contribution is -2.10. The van der Waals surface area contributed by atoms with E-state index in [0.29, 0.717) is 0 Å². The van der Waals surface area contributed by atoms with Crippen LogP contribution < -0.4 is 6.15 Å². The van der Waals surface area contributed by atoms with Crippen molar-refractivity contribution in [1.29, 1.82) is 0 Å². The average Bonchev–Trinajstić information content (AvgIpc) is 1.64. The van der Waals surface area contributed by atoms with Crippen LogP contribution in [0.25, 0.3) is 0 Å². The van der Waals surface area contributed by atoms with Crippen molar-refractivity contribution < 1.29 is 0 Å². The van der Waals surface area contributed by atoms with Crippen molar-refractivity contribution in [3.63, 3.8) is 0 Å². The van der Waals surface area contributed by atoms with Crippen LogP contribution in [0.1, 0.15) is 34.6 Å². The van der Waals surface area contributed by atoms with Crippen molar-refractivity contribution in [2.75, 3.05) is 0 Å². The molecule has 0 aromatic carbocycles. The van der Waals surface area contributed by atoms with Crippen molar-refractivity contribution in [3.05, 3.63) is 0 Å². The standard InChI is InChI=1S/C8H18.H3N/c1-6(2)8(5)7(3)4;/h6-8H,1-5H3;1H3. The normalized spacial score (nSPS) is 10.7. The minimum atomic E-state index is 0. The van der Waals surface area contributed by atoms with Gasteiger partial charge in [-0.3, -0.25) is 0 Å². The Bertz CT molecular complexity index is 49.6. The van der Waals surface area contributed by atoms with Crippen LogP contribution in [0.5, 0.6) is 0 Å². The highest BCUT2D eigenvalue weighted by Gasteiger charge is 2.09. The molecule has 0 fully saturated rings. The fourth-order valence-corrected chi connectivity index (χ4v) is 0.770. The fourth-order valence-electron chi connectivity index (χ4n) is 0.770. The Morgan fingerprint density at radius 3 is 0.889 bits per heavy atom. The predicted molar refractivity (Wildman–Crippen MR) is 43.9 cm³/mol. The van der Waals surface area contributed by atoms with Crippen LogP contribution in [0.4, 0.5) is 0 Å². The van der Waals surface area contributed by atoms with Gasteiger partial charge in [-0.25, -0.2) is 0 Å². The molecule has 0 heterocycles. The zero-order valence-corrected chi connectivity index (χ0v) is 7.44. The van der Waals surface area contributed by atoms with Gasteiger partial charge in [-0.05, 0) is 17.8 Å². The molecule has 1 heteroatoms. The lowest BCUT2D eigenvalue weighted by Gasteiger charge is -2.18. The van der Waals surface area contributed by atoms with Gasteiger partial charge in [0, 0.05) is 0 Å². The van der Waals surface area contributed by atoms with Crippen LogP contribution in [-0.2, 0) is 0 Å². The first kappa shape index (κ1) is 11.7. The zero-order chi connectivity index (χ0) is 6.73. The minimum absolute atomic E-state index is 0. The highest BCUT2D eigenvalue weighted by Crippen LogP contribution is 2.18. The summed E-state index contributed by atoms with van der Waals surface area (Å²) in [6, 6.07) is 0. The Hall–Kier alpha value is -0.0400. The van der Waals surface area contributed by atoms with Gasteiger partial charge in [0.05, 0.1) is 0 Å². The molecule has 0 atom stereocenters. The van der Waals surface area contributed by atoms with Crippen LogP contribution in [0.3, 0.4) is 0 Å². The molecule has 3 N–H and O–H groups in total. The molecule has 0 amide bonds. The zero-order valence-electron chi connectivity index (χ0n) is 7.44. The first-order valence-corrected chi connectivity index (χ1v) is 3.55. The molecule has 0 saturated carbocycles. The maximum absolute atomic E-state index is 2.31. The molecular formula is C8H21N. The van der Waals surface area contributed by atoms with Gasteiger partial charge in [-0.15, -0.1) is 0 Å². The Balaban J connectivity index is 0. The van der Waals surface area contributed by atoms with Gasteiger partial charge in [0.25, 0.3) is 0 Å². The Labute approximate surface area is 59.4 Å². The maximum Gasteiger partial charge on any atom is -0.0396 e. The van der Waals surface area contributed by atoms with Gasteiger partial charge < -0.3 is 6.15 Å². The van der Waals surface area contributed by atoms with Gasteiger partial charge >= 0.3 is 0 Å². The van der Waals surface area contributed by atoms with Crippen LogP contribution >= 0.6 is 0 Å². The lowest BCUT2D eigenvalue weighted by molar-refractivity contribution is 0.316. The van der Waals surface area contributed by atoms with Gasteiger partial charge in [0.2, 0.25) is 0 Å². The van der Waals surface area contributed by atoms with E-state index < -0.39 is 0 Å². The molecule has 0 aliphatic rings. The van der Waals surface area contributed by atoms with Crippen molar-refractivity contribution >= 4 is 0 Å². The van der Waals surface area contributed by atoms with E-state index in [9.17, 15) is 0 Å². The van der Waals surface area contributed by atoms with Gasteiger partial charge in [-0.2, -0.15) is 0 Å². The predicted octanol–water partition coefficient (Wildman–Crippen LogP) is 3.10. The third-order valence-electron chi connectivity index (χ3n) is 2.10. The van der Waals surface area contributed by atoms with Crippen molar-refractivity contribution in [2.24, 2.45) is 17.8 Å². The molecule has 0 aliphatic carbocycles. The van der Waals surface area contributed by atoms with Gasteiger partial charge in [-0.1, -0.05) is 34.6 Å². The molecule has 58 valence electrons. The van der Waals surface area contributed by atoms with Gasteiger partial charge in [0.1, 0.15) is 0 Å². The number of rotatable bonds is 2. The van der Waals surface area contributed by atoms with E-state index in [2.05, 4.69) is 34.6 Å². The lowest BCUT2D eigenvalue weighted by atomic mass is 9.88. The van der Waals surface area contributed by atoms with E-state index in [4.69, 9.17) is 0 Å². The average molecular weight is 131 g/mol. The monoisotopic (exact) mass is 131 g/mol. The topological polar surface area (TPSA) is 35.0 Å². The van der Waals surface area contributed by atoms with Crippen molar-refractivity contribution in [1.82, 2.24) is 6.15 Å². The second kappa shape index (κ2) is 4.80. The first-order valence-electron chi connectivity index (χ1n) is 3.55. The Kier molecular flexibility index (Phi) is 6.25. The number of hydrogen-bond donors (Lipinski definition) is 1. The number of hydrogen-bond acceptors (Lipinski definition) is 1. The van der Waals surface area contributed by atoms with Crippen LogP contribution in [0.15, 0.2) is 0 Å². The molecule has 9 heavy (non-hydrogen) atoms. The summed E-state index contributed by atoms with van der Waals surface area (Å²) in [5, 5.41) is 0. The highest BCUT2D eigenvalue weighted by atomic mass is 14.2. The van der Waals surface area contributed by atoms with Crippen LogP contribution in [0.2, 0.25) is 0 Å². The van der Waals surface area contributed by atoms with Crippen LogP contribution in [-0.4, -0.2) is 0 Å². The molecule has 0 rings (SSSR count). The molecule has 0 aliphatic heterocycles. The van der Waals surface area contributed by atoms with Crippen molar-refractivity contribution in [2.45, 2.75) is 34.6 Å². The van der Waals surface area contributed by atoms with E-state index in [1.807, 2.05) is 0 Å². The summed E-state index contributed by atoms with van der Waals surface area (Å²) in [6.07, 6.45) is 0. The molecule has 0 aromatic rings. The SMILES string of the molecule is CC(C)C(C)C(C)C.N. The summed E-state index contributed by atoms with van der Waals surface area (Å²) in [4.78, 5) is 0. The maximum atomic E-state index is 2.31. The molecule has 0 radical (unpaired) electrons. The van der Waals surface area contributed by atoms with E-state index >= 15 is 0 Å². The summed E-state index contributed by atoms with van der Waals surface area (Å²) in [6.45, 7) is 11.4. The molecule has 0 aromatic heterocycles. The Morgan fingerprint density at radius 1 is 0.667 bits per heavy atom. The summed E-state index contributed by atoms with van der Waals surface area (Å²) in [7, 11) is 0.